The molecule has 4 rings (SSSR count). The van der Waals surface area contributed by atoms with E-state index in [1.165, 1.54) is 0 Å². The third kappa shape index (κ3) is 15.6. The van der Waals surface area contributed by atoms with Crippen LogP contribution < -0.4 is 0 Å². The number of ether oxygens (including phenoxy) is 4. The van der Waals surface area contributed by atoms with Crippen LogP contribution in [0.3, 0.4) is 0 Å². The number of nitrogens with zero attached hydrogens (tertiary/aromatic N) is 2. The van der Waals surface area contributed by atoms with Crippen LogP contribution in [-0.2, 0) is 18.9 Å². The maximum atomic E-state index is 12.2. The highest BCUT2D eigenvalue weighted by Crippen LogP contribution is 2.24. The van der Waals surface area contributed by atoms with E-state index in [-0.39, 0.29) is 24.1 Å². The summed E-state index contributed by atoms with van der Waals surface area (Å²) in [6.07, 6.45) is 7.25. The van der Waals surface area contributed by atoms with Crippen LogP contribution in [0.2, 0.25) is 0 Å². The van der Waals surface area contributed by atoms with E-state index in [1.807, 2.05) is 77.9 Å². The first-order valence-electron chi connectivity index (χ1n) is 18.1. The minimum absolute atomic E-state index is 0.229. The zero-order valence-electron chi connectivity index (χ0n) is 31.0. The fourth-order valence-electron chi connectivity index (χ4n) is 5.97. The first kappa shape index (κ1) is 40.4. The number of amides is 2. The van der Waals surface area contributed by atoms with Gasteiger partial charge >= 0.3 is 24.1 Å². The Morgan fingerprint density at radius 2 is 0.960 bits per heavy atom. The number of hydrogen-bond donors (Lipinski definition) is 0. The first-order valence-corrected chi connectivity index (χ1v) is 18.1. The average Bonchev–Trinajstić information content (AvgIpc) is 3.08. The predicted octanol–water partition coefficient (Wildman–Crippen LogP) is 8.54. The number of benzene rings is 2. The van der Waals surface area contributed by atoms with Crippen molar-refractivity contribution in [1.82, 2.24) is 9.80 Å². The van der Waals surface area contributed by atoms with Gasteiger partial charge in [-0.1, -0.05) is 36.4 Å². The Labute approximate surface area is 298 Å². The number of rotatable bonds is 10. The molecular formula is C40H58N2O8. The van der Waals surface area contributed by atoms with Gasteiger partial charge in [-0.3, -0.25) is 0 Å². The van der Waals surface area contributed by atoms with Gasteiger partial charge in [0.15, 0.2) is 0 Å². The fourth-order valence-corrected chi connectivity index (χ4v) is 5.97. The summed E-state index contributed by atoms with van der Waals surface area (Å²) in [5, 5.41) is 0. The minimum Gasteiger partial charge on any atom is -0.462 e. The zero-order valence-corrected chi connectivity index (χ0v) is 31.0. The van der Waals surface area contributed by atoms with Gasteiger partial charge in [0.1, 0.15) is 11.2 Å². The van der Waals surface area contributed by atoms with Crippen LogP contribution in [0.4, 0.5) is 9.59 Å². The molecule has 2 aliphatic rings. The van der Waals surface area contributed by atoms with Crippen LogP contribution in [0.25, 0.3) is 0 Å². The van der Waals surface area contributed by atoms with Gasteiger partial charge in [0.2, 0.25) is 0 Å². The topological polar surface area (TPSA) is 112 Å². The molecule has 0 spiro atoms. The van der Waals surface area contributed by atoms with Crippen LogP contribution in [-0.4, -0.2) is 84.5 Å². The van der Waals surface area contributed by atoms with Crippen molar-refractivity contribution in [2.45, 2.75) is 104 Å². The summed E-state index contributed by atoms with van der Waals surface area (Å²) in [6, 6.07) is 18.0. The molecule has 2 atom stereocenters. The molecule has 2 heterocycles. The second-order valence-electron chi connectivity index (χ2n) is 15.2. The molecule has 0 unspecified atom stereocenters. The lowest BCUT2D eigenvalue weighted by Gasteiger charge is -2.34. The highest BCUT2D eigenvalue weighted by atomic mass is 16.6. The van der Waals surface area contributed by atoms with E-state index in [9.17, 15) is 19.2 Å². The van der Waals surface area contributed by atoms with Gasteiger partial charge in [-0.05, 0) is 129 Å². The van der Waals surface area contributed by atoms with E-state index in [4.69, 9.17) is 18.9 Å². The van der Waals surface area contributed by atoms with Crippen molar-refractivity contribution >= 4 is 24.1 Å². The SMILES string of the molecule is CC(C)(C)OC(=O)N1CCC[C@H](CCCOC(=O)c2ccccc2)C1.CC(C)(C)OC(=O)N1CCC[C@H](CCCOC(=O)c2ccccc2)C1. The van der Waals surface area contributed by atoms with E-state index in [0.29, 0.717) is 36.2 Å². The third-order valence-electron chi connectivity index (χ3n) is 8.34. The molecule has 2 fully saturated rings. The molecule has 0 aliphatic carbocycles. The van der Waals surface area contributed by atoms with Gasteiger partial charge in [-0.15, -0.1) is 0 Å². The Hall–Kier alpha value is -4.08. The standard InChI is InChI=1S/2C20H29NO4/c2*1-20(2,3)25-19(23)21-13-7-9-16(15-21)10-8-14-24-18(22)17-11-5-4-6-12-17/h2*4-6,11-12,16H,7-10,13-15H2,1-3H3/t2*16-/m11/s1. The summed E-state index contributed by atoms with van der Waals surface area (Å²) in [5.74, 6) is 0.327. The molecule has 2 saturated heterocycles. The molecule has 0 N–H and O–H groups in total. The minimum atomic E-state index is -0.463. The van der Waals surface area contributed by atoms with Gasteiger partial charge in [0.25, 0.3) is 0 Å². The fraction of sp³-hybridized carbons (Fsp3) is 0.600. The number of hydrogen-bond acceptors (Lipinski definition) is 8. The van der Waals surface area contributed by atoms with E-state index < -0.39 is 11.2 Å². The maximum Gasteiger partial charge on any atom is 0.410 e. The van der Waals surface area contributed by atoms with Crippen LogP contribution in [0, 0.1) is 11.8 Å². The Kier molecular flexibility index (Phi) is 16.1. The van der Waals surface area contributed by atoms with E-state index in [2.05, 4.69) is 0 Å². The zero-order chi connectivity index (χ0) is 36.6. The maximum absolute atomic E-state index is 12.2. The molecule has 2 amide bonds. The Morgan fingerprint density at radius 3 is 1.30 bits per heavy atom. The van der Waals surface area contributed by atoms with Crippen molar-refractivity contribution in [2.75, 3.05) is 39.4 Å². The van der Waals surface area contributed by atoms with Gasteiger partial charge in [-0.25, -0.2) is 19.2 Å². The molecule has 50 heavy (non-hydrogen) atoms. The van der Waals surface area contributed by atoms with Gasteiger partial charge in [0, 0.05) is 26.2 Å². The summed E-state index contributed by atoms with van der Waals surface area (Å²) >= 11 is 0. The smallest absolute Gasteiger partial charge is 0.410 e. The summed E-state index contributed by atoms with van der Waals surface area (Å²) < 4.78 is 21.5. The number of likely N-dealkylation sites (tertiary alicyclic amines) is 2. The molecule has 0 radical (unpaired) electrons. The van der Waals surface area contributed by atoms with Crippen LogP contribution in [0.15, 0.2) is 60.7 Å². The lowest BCUT2D eigenvalue weighted by atomic mass is 9.94. The Balaban J connectivity index is 0.000000270. The number of esters is 2. The second kappa shape index (κ2) is 19.9. The predicted molar refractivity (Wildman–Crippen MR) is 193 cm³/mol. The van der Waals surface area contributed by atoms with Crippen LogP contribution in [0.1, 0.15) is 114 Å². The van der Waals surface area contributed by atoms with Crippen LogP contribution in [0.5, 0.6) is 0 Å². The second-order valence-corrected chi connectivity index (χ2v) is 15.2. The lowest BCUT2D eigenvalue weighted by Crippen LogP contribution is -2.42. The molecule has 2 aromatic carbocycles. The lowest BCUT2D eigenvalue weighted by molar-refractivity contribution is 0.0146. The highest BCUT2D eigenvalue weighted by molar-refractivity contribution is 5.89. The van der Waals surface area contributed by atoms with Gasteiger partial charge in [-0.2, -0.15) is 0 Å². The number of carbonyl (C=O) groups is 4. The molecule has 0 bridgehead atoms. The number of carbonyl (C=O) groups excluding carboxylic acids is 4. The number of piperidine rings is 2. The van der Waals surface area contributed by atoms with E-state index in [1.54, 1.807) is 34.1 Å². The monoisotopic (exact) mass is 694 g/mol. The Morgan fingerprint density at radius 1 is 0.600 bits per heavy atom. The normalized spacial score (nSPS) is 17.9. The molecule has 0 aromatic heterocycles. The van der Waals surface area contributed by atoms with Crippen molar-refractivity contribution in [3.63, 3.8) is 0 Å². The Bertz CT molecular complexity index is 1230. The molecule has 2 aliphatic heterocycles. The van der Waals surface area contributed by atoms with Gasteiger partial charge < -0.3 is 28.7 Å². The summed E-state index contributed by atoms with van der Waals surface area (Å²) in [7, 11) is 0. The average molecular weight is 695 g/mol. The van der Waals surface area contributed by atoms with Crippen molar-refractivity contribution in [1.29, 1.82) is 0 Å². The van der Waals surface area contributed by atoms with Crippen molar-refractivity contribution in [2.24, 2.45) is 11.8 Å². The third-order valence-corrected chi connectivity index (χ3v) is 8.34. The van der Waals surface area contributed by atoms with E-state index in [0.717, 1.165) is 77.5 Å². The van der Waals surface area contributed by atoms with E-state index >= 15 is 0 Å². The molecular weight excluding hydrogens is 636 g/mol. The molecule has 0 saturated carbocycles. The summed E-state index contributed by atoms with van der Waals surface area (Å²) in [5.41, 5.74) is 0.234. The summed E-state index contributed by atoms with van der Waals surface area (Å²) in [6.45, 7) is 15.1. The largest absolute Gasteiger partial charge is 0.462 e. The summed E-state index contributed by atoms with van der Waals surface area (Å²) in [4.78, 5) is 51.7. The molecule has 276 valence electrons. The highest BCUT2D eigenvalue weighted by Gasteiger charge is 2.28. The molecule has 10 nitrogen and oxygen atoms in total. The van der Waals surface area contributed by atoms with Crippen molar-refractivity contribution in [3.8, 4) is 0 Å². The van der Waals surface area contributed by atoms with Crippen LogP contribution >= 0.6 is 0 Å². The molecule has 2 aromatic rings. The van der Waals surface area contributed by atoms with Crippen molar-refractivity contribution < 1.29 is 38.1 Å². The van der Waals surface area contributed by atoms with Gasteiger partial charge in [0.05, 0.1) is 24.3 Å². The first-order chi connectivity index (χ1) is 23.7. The quantitative estimate of drug-likeness (QED) is 0.138. The van der Waals surface area contributed by atoms with Crippen molar-refractivity contribution in [3.05, 3.63) is 71.8 Å². The molecule has 10 heteroatoms.